The number of hydrogen-bond acceptors (Lipinski definition) is 8. The van der Waals surface area contributed by atoms with Gasteiger partial charge < -0.3 is 10.1 Å². The predicted molar refractivity (Wildman–Crippen MR) is 101 cm³/mol. The molecule has 0 radical (unpaired) electrons. The zero-order chi connectivity index (χ0) is 18.0. The van der Waals surface area contributed by atoms with Crippen molar-refractivity contribution >= 4 is 51.3 Å². The number of thiophene rings is 1. The molecule has 0 spiro atoms. The van der Waals surface area contributed by atoms with E-state index in [0.29, 0.717) is 10.6 Å². The van der Waals surface area contributed by atoms with Crippen LogP contribution in [0.15, 0.2) is 4.34 Å². The van der Waals surface area contributed by atoms with Gasteiger partial charge in [-0.2, -0.15) is 0 Å². The van der Waals surface area contributed by atoms with E-state index in [0.717, 1.165) is 40.6 Å². The molecule has 0 saturated heterocycles. The van der Waals surface area contributed by atoms with E-state index in [4.69, 9.17) is 4.74 Å². The van der Waals surface area contributed by atoms with Crippen LogP contribution in [0.25, 0.3) is 0 Å². The number of esters is 1. The molecule has 25 heavy (non-hydrogen) atoms. The molecule has 0 saturated carbocycles. The molecule has 9 heteroatoms. The SMILES string of the molecule is COC(=O)c1c(NC(=O)C(C)Sc2nnc(C)s2)sc2c1CCCC2. The second-order valence-corrected chi connectivity index (χ2v) is 9.62. The van der Waals surface area contributed by atoms with Crippen molar-refractivity contribution in [2.45, 2.75) is 49.1 Å². The molecule has 2 aromatic heterocycles. The molecule has 0 fully saturated rings. The fraction of sp³-hybridized carbons (Fsp3) is 0.500. The number of rotatable bonds is 5. The van der Waals surface area contributed by atoms with Crippen LogP contribution in [0, 0.1) is 6.92 Å². The molecule has 6 nitrogen and oxygen atoms in total. The quantitative estimate of drug-likeness (QED) is 0.612. The summed E-state index contributed by atoms with van der Waals surface area (Å²) in [5.41, 5.74) is 1.57. The number of anilines is 1. The lowest BCUT2D eigenvalue weighted by Gasteiger charge is -2.12. The van der Waals surface area contributed by atoms with Gasteiger partial charge >= 0.3 is 5.97 Å². The van der Waals surface area contributed by atoms with Crippen LogP contribution < -0.4 is 5.32 Å². The first-order valence-electron chi connectivity index (χ1n) is 8.00. The van der Waals surface area contributed by atoms with Crippen LogP contribution in [0.1, 0.15) is 45.6 Å². The number of nitrogens with zero attached hydrogens (tertiary/aromatic N) is 2. The summed E-state index contributed by atoms with van der Waals surface area (Å²) in [4.78, 5) is 26.0. The molecule has 0 aliphatic heterocycles. The number of thioether (sulfide) groups is 1. The first-order chi connectivity index (χ1) is 12.0. The Balaban J connectivity index is 1.78. The van der Waals surface area contributed by atoms with Crippen LogP contribution in [0.4, 0.5) is 5.00 Å². The number of amides is 1. The summed E-state index contributed by atoms with van der Waals surface area (Å²) in [6, 6.07) is 0. The Hall–Kier alpha value is -1.45. The van der Waals surface area contributed by atoms with Gasteiger partial charge in [0, 0.05) is 4.88 Å². The molecule has 1 atom stereocenters. The third kappa shape index (κ3) is 4.04. The lowest BCUT2D eigenvalue weighted by atomic mass is 9.95. The first kappa shape index (κ1) is 18.3. The lowest BCUT2D eigenvalue weighted by molar-refractivity contribution is -0.115. The Labute approximate surface area is 158 Å². The Morgan fingerprint density at radius 1 is 1.24 bits per heavy atom. The smallest absolute Gasteiger partial charge is 0.341 e. The number of fused-ring (bicyclic) bond motifs is 1. The number of aryl methyl sites for hydroxylation is 2. The zero-order valence-electron chi connectivity index (χ0n) is 14.2. The van der Waals surface area contributed by atoms with E-state index in [1.807, 2.05) is 13.8 Å². The zero-order valence-corrected chi connectivity index (χ0v) is 16.7. The van der Waals surface area contributed by atoms with E-state index in [-0.39, 0.29) is 17.1 Å². The van der Waals surface area contributed by atoms with Crippen molar-refractivity contribution in [1.29, 1.82) is 0 Å². The number of carbonyl (C=O) groups is 2. The molecule has 0 bridgehead atoms. The van der Waals surface area contributed by atoms with Gasteiger partial charge in [-0.25, -0.2) is 4.79 Å². The maximum atomic E-state index is 12.6. The summed E-state index contributed by atoms with van der Waals surface area (Å²) in [5, 5.41) is 12.1. The number of aromatic nitrogens is 2. The van der Waals surface area contributed by atoms with E-state index >= 15 is 0 Å². The van der Waals surface area contributed by atoms with Gasteiger partial charge in [0.1, 0.15) is 10.0 Å². The summed E-state index contributed by atoms with van der Waals surface area (Å²) >= 11 is 4.33. The van der Waals surface area contributed by atoms with Gasteiger partial charge in [0.05, 0.1) is 17.9 Å². The minimum absolute atomic E-state index is 0.151. The largest absolute Gasteiger partial charge is 0.465 e. The van der Waals surface area contributed by atoms with Crippen molar-refractivity contribution in [3.8, 4) is 0 Å². The minimum Gasteiger partial charge on any atom is -0.465 e. The van der Waals surface area contributed by atoms with Crippen molar-refractivity contribution in [2.24, 2.45) is 0 Å². The van der Waals surface area contributed by atoms with E-state index < -0.39 is 0 Å². The number of methoxy groups -OCH3 is 1. The molecular formula is C16H19N3O3S3. The van der Waals surface area contributed by atoms with Crippen LogP contribution in [-0.2, 0) is 22.4 Å². The summed E-state index contributed by atoms with van der Waals surface area (Å²) in [7, 11) is 1.37. The Bertz CT molecular complexity index is 800. The highest BCUT2D eigenvalue weighted by Crippen LogP contribution is 2.39. The van der Waals surface area contributed by atoms with E-state index in [2.05, 4.69) is 15.5 Å². The molecule has 1 amide bonds. The molecular weight excluding hydrogens is 378 g/mol. The maximum absolute atomic E-state index is 12.6. The highest BCUT2D eigenvalue weighted by Gasteiger charge is 2.28. The minimum atomic E-state index is -0.380. The molecule has 1 N–H and O–H groups in total. The lowest BCUT2D eigenvalue weighted by Crippen LogP contribution is -2.23. The van der Waals surface area contributed by atoms with Crippen molar-refractivity contribution < 1.29 is 14.3 Å². The summed E-state index contributed by atoms with van der Waals surface area (Å²) < 4.78 is 5.70. The van der Waals surface area contributed by atoms with Gasteiger partial charge in [0.15, 0.2) is 4.34 Å². The monoisotopic (exact) mass is 397 g/mol. The summed E-state index contributed by atoms with van der Waals surface area (Å²) in [6.45, 7) is 3.70. The average Bonchev–Trinajstić information content (AvgIpc) is 3.16. The van der Waals surface area contributed by atoms with Gasteiger partial charge in [-0.1, -0.05) is 23.1 Å². The van der Waals surface area contributed by atoms with Crippen LogP contribution in [0.3, 0.4) is 0 Å². The number of ether oxygens (including phenoxy) is 1. The highest BCUT2D eigenvalue weighted by atomic mass is 32.2. The van der Waals surface area contributed by atoms with Gasteiger partial charge in [-0.15, -0.1) is 21.5 Å². The Kier molecular flexibility index (Phi) is 5.75. The topological polar surface area (TPSA) is 81.2 Å². The molecule has 134 valence electrons. The van der Waals surface area contributed by atoms with Crippen LogP contribution in [-0.4, -0.2) is 34.4 Å². The number of carbonyl (C=O) groups excluding carboxylic acids is 2. The fourth-order valence-corrected chi connectivity index (χ4v) is 5.96. The highest BCUT2D eigenvalue weighted by molar-refractivity contribution is 8.02. The predicted octanol–water partition coefficient (Wildman–Crippen LogP) is 3.69. The van der Waals surface area contributed by atoms with Crippen LogP contribution in [0.2, 0.25) is 0 Å². The van der Waals surface area contributed by atoms with Crippen molar-refractivity contribution in [3.05, 3.63) is 21.0 Å². The number of nitrogens with one attached hydrogen (secondary N) is 1. The van der Waals surface area contributed by atoms with Crippen LogP contribution >= 0.6 is 34.4 Å². The van der Waals surface area contributed by atoms with Crippen LogP contribution in [0.5, 0.6) is 0 Å². The van der Waals surface area contributed by atoms with Gasteiger partial charge in [0.25, 0.3) is 0 Å². The van der Waals surface area contributed by atoms with Crippen molar-refractivity contribution in [3.63, 3.8) is 0 Å². The average molecular weight is 398 g/mol. The fourth-order valence-electron chi connectivity index (χ4n) is 2.72. The molecule has 1 aliphatic rings. The van der Waals surface area contributed by atoms with Gasteiger partial charge in [-0.05, 0) is 45.1 Å². The molecule has 0 aromatic carbocycles. The molecule has 2 aromatic rings. The van der Waals surface area contributed by atoms with E-state index in [1.165, 1.54) is 46.4 Å². The molecule has 1 unspecified atom stereocenters. The standard InChI is InChI=1S/C16H19N3O3S3/c1-8(23-16-19-18-9(2)24-16)13(20)17-14-12(15(21)22-3)10-6-4-5-7-11(10)25-14/h8H,4-7H2,1-3H3,(H,17,20). The normalized spacial score (nSPS) is 14.7. The second-order valence-electron chi connectivity index (χ2n) is 5.74. The van der Waals surface area contributed by atoms with E-state index in [1.54, 1.807) is 0 Å². The molecule has 1 aliphatic carbocycles. The number of hydrogen-bond donors (Lipinski definition) is 1. The molecule has 2 heterocycles. The van der Waals surface area contributed by atoms with Crippen molar-refractivity contribution in [2.75, 3.05) is 12.4 Å². The van der Waals surface area contributed by atoms with Gasteiger partial charge in [0.2, 0.25) is 5.91 Å². The molecule has 3 rings (SSSR count). The maximum Gasteiger partial charge on any atom is 0.341 e. The van der Waals surface area contributed by atoms with Crippen molar-refractivity contribution in [1.82, 2.24) is 10.2 Å². The third-order valence-corrected chi connectivity index (χ3v) is 7.18. The Morgan fingerprint density at radius 3 is 2.68 bits per heavy atom. The second kappa shape index (κ2) is 7.84. The van der Waals surface area contributed by atoms with E-state index in [9.17, 15) is 9.59 Å². The Morgan fingerprint density at radius 2 is 2.00 bits per heavy atom. The third-order valence-electron chi connectivity index (χ3n) is 3.95. The summed E-state index contributed by atoms with van der Waals surface area (Å²) in [5.74, 6) is -0.531. The summed E-state index contributed by atoms with van der Waals surface area (Å²) in [6.07, 6.45) is 3.99. The van der Waals surface area contributed by atoms with Gasteiger partial charge in [-0.3, -0.25) is 4.79 Å². The first-order valence-corrected chi connectivity index (χ1v) is 10.5.